The van der Waals surface area contributed by atoms with Crippen LogP contribution in [0.25, 0.3) is 6.08 Å². The number of hydrogen-bond donors (Lipinski definition) is 1. The van der Waals surface area contributed by atoms with Crippen LogP contribution in [0, 0.1) is 11.3 Å². The zero-order valence-corrected chi connectivity index (χ0v) is 12.0. The van der Waals surface area contributed by atoms with Crippen molar-refractivity contribution in [3.8, 4) is 6.07 Å². The number of carbonyl (C=O) groups is 2. The molecule has 0 unspecified atom stereocenters. The summed E-state index contributed by atoms with van der Waals surface area (Å²) in [4.78, 5) is 28.4. The minimum absolute atomic E-state index is 0.0285. The summed E-state index contributed by atoms with van der Waals surface area (Å²) < 4.78 is 0. The average molecular weight is 287 g/mol. The summed E-state index contributed by atoms with van der Waals surface area (Å²) in [6.45, 7) is 4.10. The van der Waals surface area contributed by atoms with Gasteiger partial charge in [0, 0.05) is 24.9 Å². The summed E-state index contributed by atoms with van der Waals surface area (Å²) in [6.07, 6.45) is 4.12. The summed E-state index contributed by atoms with van der Waals surface area (Å²) in [5, 5.41) is 17.2. The van der Waals surface area contributed by atoms with E-state index in [4.69, 9.17) is 10.4 Å². The van der Waals surface area contributed by atoms with E-state index >= 15 is 0 Å². The summed E-state index contributed by atoms with van der Waals surface area (Å²) in [5.41, 5.74) is 0.871. The number of carboxylic acid groups (broad SMARTS) is 1. The van der Waals surface area contributed by atoms with Gasteiger partial charge in [-0.25, -0.2) is 4.79 Å². The molecule has 0 aromatic carbocycles. The third kappa shape index (κ3) is 5.07. The average Bonchev–Trinajstić information content (AvgIpc) is 2.45. The number of hydrogen-bond acceptors (Lipinski definition) is 4. The molecule has 0 bridgehead atoms. The molecular weight excluding hydrogens is 270 g/mol. The molecule has 1 amide bonds. The van der Waals surface area contributed by atoms with E-state index in [0.29, 0.717) is 12.1 Å². The lowest BCUT2D eigenvalue weighted by molar-refractivity contribution is -0.131. The van der Waals surface area contributed by atoms with Crippen molar-refractivity contribution in [3.63, 3.8) is 0 Å². The second kappa shape index (κ2) is 7.80. The van der Waals surface area contributed by atoms with Crippen molar-refractivity contribution in [1.29, 1.82) is 5.26 Å². The van der Waals surface area contributed by atoms with E-state index in [1.807, 2.05) is 19.9 Å². The monoisotopic (exact) mass is 287 g/mol. The number of aromatic nitrogens is 1. The number of nitriles is 1. The topological polar surface area (TPSA) is 94.3 Å². The molecule has 0 aliphatic carbocycles. The predicted molar refractivity (Wildman–Crippen MR) is 77.3 cm³/mol. The van der Waals surface area contributed by atoms with Crippen LogP contribution in [0.2, 0.25) is 0 Å². The molecule has 1 rings (SSSR count). The highest BCUT2D eigenvalue weighted by Crippen LogP contribution is 2.09. The van der Waals surface area contributed by atoms with Gasteiger partial charge in [-0.3, -0.25) is 9.78 Å². The Hall–Kier alpha value is -2.68. The number of nitrogens with zero attached hydrogens (tertiary/aromatic N) is 3. The van der Waals surface area contributed by atoms with E-state index in [1.165, 1.54) is 12.3 Å². The SMILES string of the molecule is CC(C)N(CCC#N)C(=O)c1ccc(C=CC(=O)O)cn1. The van der Waals surface area contributed by atoms with Crippen LogP contribution >= 0.6 is 0 Å². The van der Waals surface area contributed by atoms with Crippen molar-refractivity contribution in [3.05, 3.63) is 35.7 Å². The van der Waals surface area contributed by atoms with Crippen LogP contribution in [0.5, 0.6) is 0 Å². The van der Waals surface area contributed by atoms with Crippen molar-refractivity contribution in [2.45, 2.75) is 26.3 Å². The van der Waals surface area contributed by atoms with E-state index in [1.54, 1.807) is 17.0 Å². The van der Waals surface area contributed by atoms with Gasteiger partial charge in [0.25, 0.3) is 5.91 Å². The molecule has 0 radical (unpaired) electrons. The summed E-state index contributed by atoms with van der Waals surface area (Å²) in [7, 11) is 0. The number of aliphatic carboxylic acids is 1. The molecule has 6 nitrogen and oxygen atoms in total. The maximum atomic E-state index is 12.3. The van der Waals surface area contributed by atoms with Crippen molar-refractivity contribution >= 4 is 18.0 Å². The summed E-state index contributed by atoms with van der Waals surface area (Å²) >= 11 is 0. The number of amides is 1. The maximum Gasteiger partial charge on any atom is 0.328 e. The Labute approximate surface area is 123 Å². The molecular formula is C15H17N3O3. The zero-order valence-electron chi connectivity index (χ0n) is 12.0. The molecule has 0 fully saturated rings. The molecule has 110 valence electrons. The summed E-state index contributed by atoms with van der Waals surface area (Å²) in [5.74, 6) is -1.29. The Kier molecular flexibility index (Phi) is 6.08. The first-order valence-electron chi connectivity index (χ1n) is 6.50. The second-order valence-corrected chi connectivity index (χ2v) is 4.65. The van der Waals surface area contributed by atoms with Crippen molar-refractivity contribution in [2.24, 2.45) is 0 Å². The molecule has 1 aromatic heterocycles. The van der Waals surface area contributed by atoms with Gasteiger partial charge in [0.15, 0.2) is 0 Å². The highest BCUT2D eigenvalue weighted by Gasteiger charge is 2.19. The number of rotatable bonds is 6. The largest absolute Gasteiger partial charge is 0.478 e. The van der Waals surface area contributed by atoms with Crippen LogP contribution in [0.15, 0.2) is 24.4 Å². The fourth-order valence-electron chi connectivity index (χ4n) is 1.71. The number of carboxylic acids is 1. The van der Waals surface area contributed by atoms with Gasteiger partial charge in [0.1, 0.15) is 5.69 Å². The van der Waals surface area contributed by atoms with Crippen molar-refractivity contribution in [1.82, 2.24) is 9.88 Å². The molecule has 1 aromatic rings. The quantitative estimate of drug-likeness (QED) is 0.807. The van der Waals surface area contributed by atoms with Crippen molar-refractivity contribution < 1.29 is 14.7 Å². The normalized spacial score (nSPS) is 10.6. The fourth-order valence-corrected chi connectivity index (χ4v) is 1.71. The van der Waals surface area contributed by atoms with E-state index < -0.39 is 5.97 Å². The molecule has 0 aliphatic heterocycles. The van der Waals surface area contributed by atoms with Gasteiger partial charge in [-0.05, 0) is 31.6 Å². The van der Waals surface area contributed by atoms with E-state index in [-0.39, 0.29) is 24.1 Å². The molecule has 6 heteroatoms. The first kappa shape index (κ1) is 16.4. The van der Waals surface area contributed by atoms with Crippen LogP contribution in [-0.2, 0) is 4.79 Å². The lowest BCUT2D eigenvalue weighted by atomic mass is 10.2. The first-order chi connectivity index (χ1) is 9.95. The minimum atomic E-state index is -1.04. The molecule has 0 saturated carbocycles. The van der Waals surface area contributed by atoms with E-state index in [9.17, 15) is 9.59 Å². The lowest BCUT2D eigenvalue weighted by Crippen LogP contribution is -2.38. The fraction of sp³-hybridized carbons (Fsp3) is 0.333. The lowest BCUT2D eigenvalue weighted by Gasteiger charge is -2.25. The Morgan fingerprint density at radius 3 is 2.67 bits per heavy atom. The van der Waals surface area contributed by atoms with Gasteiger partial charge < -0.3 is 10.0 Å². The molecule has 1 heterocycles. The third-order valence-corrected chi connectivity index (χ3v) is 2.77. The Bertz CT molecular complexity index is 571. The summed E-state index contributed by atoms with van der Waals surface area (Å²) in [6, 6.07) is 5.16. The van der Waals surface area contributed by atoms with Crippen LogP contribution in [0.3, 0.4) is 0 Å². The van der Waals surface area contributed by atoms with Crippen LogP contribution in [0.1, 0.15) is 36.3 Å². The molecule has 0 atom stereocenters. The molecule has 0 saturated heterocycles. The molecule has 0 aliphatic rings. The molecule has 1 N–H and O–H groups in total. The first-order valence-corrected chi connectivity index (χ1v) is 6.50. The Morgan fingerprint density at radius 1 is 1.48 bits per heavy atom. The highest BCUT2D eigenvalue weighted by molar-refractivity contribution is 5.92. The van der Waals surface area contributed by atoms with E-state index in [0.717, 1.165) is 6.08 Å². The van der Waals surface area contributed by atoms with E-state index in [2.05, 4.69) is 4.98 Å². The zero-order chi connectivity index (χ0) is 15.8. The third-order valence-electron chi connectivity index (χ3n) is 2.77. The van der Waals surface area contributed by atoms with Crippen LogP contribution in [-0.4, -0.2) is 39.5 Å². The van der Waals surface area contributed by atoms with Crippen LogP contribution < -0.4 is 0 Å². The highest BCUT2D eigenvalue weighted by atomic mass is 16.4. The number of carbonyl (C=O) groups excluding carboxylic acids is 1. The maximum absolute atomic E-state index is 12.3. The Balaban J connectivity index is 2.86. The second-order valence-electron chi connectivity index (χ2n) is 4.65. The smallest absolute Gasteiger partial charge is 0.328 e. The molecule has 0 spiro atoms. The van der Waals surface area contributed by atoms with Crippen molar-refractivity contribution in [2.75, 3.05) is 6.54 Å². The van der Waals surface area contributed by atoms with Gasteiger partial charge >= 0.3 is 5.97 Å². The minimum Gasteiger partial charge on any atom is -0.478 e. The Morgan fingerprint density at radius 2 is 2.19 bits per heavy atom. The van der Waals surface area contributed by atoms with Crippen LogP contribution in [0.4, 0.5) is 0 Å². The van der Waals surface area contributed by atoms with Gasteiger partial charge in [0.05, 0.1) is 12.5 Å². The predicted octanol–water partition coefficient (Wildman–Crippen LogP) is 1.94. The van der Waals surface area contributed by atoms with Gasteiger partial charge in [-0.1, -0.05) is 6.07 Å². The number of pyridine rings is 1. The molecule has 21 heavy (non-hydrogen) atoms. The van der Waals surface area contributed by atoms with Gasteiger partial charge in [-0.15, -0.1) is 0 Å². The standard InChI is InChI=1S/C15H17N3O3/c1-11(2)18(9-3-8-16)15(21)13-6-4-12(10-17-13)5-7-14(19)20/h4-7,10-11H,3,9H2,1-2H3,(H,19,20). The van der Waals surface area contributed by atoms with Gasteiger partial charge in [0.2, 0.25) is 0 Å². The van der Waals surface area contributed by atoms with Gasteiger partial charge in [-0.2, -0.15) is 5.26 Å².